The second-order valence-electron chi connectivity index (χ2n) is 5.50. The number of hydrogen-bond acceptors (Lipinski definition) is 3. The van der Waals surface area contributed by atoms with Crippen molar-refractivity contribution in [2.24, 2.45) is 11.7 Å². The van der Waals surface area contributed by atoms with Crippen molar-refractivity contribution in [3.05, 3.63) is 29.8 Å². The highest BCUT2D eigenvalue weighted by molar-refractivity contribution is 5.38. The molecule has 0 radical (unpaired) electrons. The van der Waals surface area contributed by atoms with Crippen LogP contribution in [0, 0.1) is 5.92 Å². The van der Waals surface area contributed by atoms with Gasteiger partial charge in [0, 0.05) is 12.1 Å². The van der Waals surface area contributed by atoms with Crippen molar-refractivity contribution >= 4 is 0 Å². The van der Waals surface area contributed by atoms with Crippen molar-refractivity contribution in [3.63, 3.8) is 0 Å². The van der Waals surface area contributed by atoms with Gasteiger partial charge in [0.2, 0.25) is 0 Å². The molecule has 2 N–H and O–H groups in total. The lowest BCUT2D eigenvalue weighted by Gasteiger charge is -2.37. The molecule has 0 aliphatic carbocycles. The monoisotopic (exact) mass is 246 g/mol. The third kappa shape index (κ3) is 2.02. The molecule has 3 unspecified atom stereocenters. The fourth-order valence-corrected chi connectivity index (χ4v) is 3.20. The van der Waals surface area contributed by atoms with Gasteiger partial charge in [0.25, 0.3) is 0 Å². The van der Waals surface area contributed by atoms with E-state index in [1.165, 1.54) is 25.9 Å². The Morgan fingerprint density at radius 1 is 1.39 bits per heavy atom. The largest absolute Gasteiger partial charge is 0.492 e. The molecule has 1 aromatic rings. The molecule has 2 aliphatic rings. The summed E-state index contributed by atoms with van der Waals surface area (Å²) >= 11 is 0. The first kappa shape index (κ1) is 12.0. The van der Waals surface area contributed by atoms with Gasteiger partial charge in [-0.3, -0.25) is 4.90 Å². The van der Waals surface area contributed by atoms with Gasteiger partial charge in [0.1, 0.15) is 12.4 Å². The SMILES string of the molecule is CCC1CCN(C2COc3ccccc3C2N)C1. The summed E-state index contributed by atoms with van der Waals surface area (Å²) in [5.41, 5.74) is 7.60. The minimum absolute atomic E-state index is 0.0885. The number of likely N-dealkylation sites (tertiary alicyclic amines) is 1. The van der Waals surface area contributed by atoms with E-state index in [9.17, 15) is 0 Å². The molecule has 3 heteroatoms. The molecule has 3 nitrogen and oxygen atoms in total. The summed E-state index contributed by atoms with van der Waals surface area (Å²) in [6.07, 6.45) is 2.58. The molecule has 0 saturated carbocycles. The zero-order valence-corrected chi connectivity index (χ0v) is 11.0. The molecule has 0 amide bonds. The number of nitrogens with two attached hydrogens (primary N) is 1. The Morgan fingerprint density at radius 3 is 3.00 bits per heavy atom. The van der Waals surface area contributed by atoms with Crippen molar-refractivity contribution in [2.45, 2.75) is 31.8 Å². The lowest BCUT2D eigenvalue weighted by Crippen LogP contribution is -2.47. The van der Waals surface area contributed by atoms with Crippen LogP contribution < -0.4 is 10.5 Å². The summed E-state index contributed by atoms with van der Waals surface area (Å²) in [6, 6.07) is 8.60. The normalized spacial score (nSPS) is 32.0. The summed E-state index contributed by atoms with van der Waals surface area (Å²) < 4.78 is 5.87. The van der Waals surface area contributed by atoms with Crippen LogP contribution in [0.25, 0.3) is 0 Å². The zero-order chi connectivity index (χ0) is 12.5. The maximum Gasteiger partial charge on any atom is 0.124 e. The molecule has 0 aromatic heterocycles. The van der Waals surface area contributed by atoms with Crippen LogP contribution in [0.3, 0.4) is 0 Å². The van der Waals surface area contributed by atoms with Gasteiger partial charge in [-0.1, -0.05) is 31.5 Å². The molecule has 1 aromatic carbocycles. The lowest BCUT2D eigenvalue weighted by atomic mass is 9.96. The maximum atomic E-state index is 6.44. The fourth-order valence-electron chi connectivity index (χ4n) is 3.20. The van der Waals surface area contributed by atoms with Crippen molar-refractivity contribution in [3.8, 4) is 5.75 Å². The molecule has 0 spiro atoms. The van der Waals surface area contributed by atoms with E-state index in [2.05, 4.69) is 17.9 Å². The van der Waals surface area contributed by atoms with Crippen LogP contribution in [0.5, 0.6) is 5.75 Å². The smallest absolute Gasteiger partial charge is 0.124 e. The van der Waals surface area contributed by atoms with Crippen LogP contribution in [0.1, 0.15) is 31.4 Å². The van der Waals surface area contributed by atoms with Crippen molar-refractivity contribution in [2.75, 3.05) is 19.7 Å². The van der Waals surface area contributed by atoms with E-state index in [0.717, 1.165) is 23.8 Å². The van der Waals surface area contributed by atoms with Crippen LogP contribution in [0.4, 0.5) is 0 Å². The quantitative estimate of drug-likeness (QED) is 0.869. The molecule has 18 heavy (non-hydrogen) atoms. The number of nitrogens with zero attached hydrogens (tertiary/aromatic N) is 1. The summed E-state index contributed by atoms with van der Waals surface area (Å²) in [6.45, 7) is 5.36. The van der Waals surface area contributed by atoms with E-state index in [0.29, 0.717) is 6.04 Å². The van der Waals surface area contributed by atoms with Gasteiger partial charge in [0.05, 0.1) is 12.1 Å². The van der Waals surface area contributed by atoms with Crippen molar-refractivity contribution in [1.82, 2.24) is 4.90 Å². The summed E-state index contributed by atoms with van der Waals surface area (Å²) in [5.74, 6) is 1.81. The molecular formula is C15H22N2O. The van der Waals surface area contributed by atoms with Gasteiger partial charge < -0.3 is 10.5 Å². The number of ether oxygens (including phenoxy) is 1. The second-order valence-corrected chi connectivity index (χ2v) is 5.50. The first-order valence-corrected chi connectivity index (χ1v) is 7.01. The summed E-state index contributed by atoms with van der Waals surface area (Å²) in [7, 11) is 0. The van der Waals surface area contributed by atoms with E-state index < -0.39 is 0 Å². The lowest BCUT2D eigenvalue weighted by molar-refractivity contribution is 0.115. The Kier molecular flexibility index (Phi) is 3.27. The molecule has 3 atom stereocenters. The Balaban J connectivity index is 1.77. The minimum atomic E-state index is 0.0885. The number of hydrogen-bond donors (Lipinski definition) is 1. The molecule has 0 bridgehead atoms. The van der Waals surface area contributed by atoms with Gasteiger partial charge in [-0.05, 0) is 24.9 Å². The molecule has 2 aliphatic heterocycles. The third-order valence-electron chi connectivity index (χ3n) is 4.47. The Hall–Kier alpha value is -1.06. The molecule has 98 valence electrons. The van der Waals surface area contributed by atoms with E-state index in [1.807, 2.05) is 18.2 Å². The van der Waals surface area contributed by atoms with Gasteiger partial charge >= 0.3 is 0 Å². The van der Waals surface area contributed by atoms with Crippen LogP contribution in [-0.4, -0.2) is 30.6 Å². The first-order valence-electron chi connectivity index (χ1n) is 7.01. The highest BCUT2D eigenvalue weighted by Crippen LogP contribution is 2.34. The minimum Gasteiger partial charge on any atom is -0.492 e. The Bertz CT molecular complexity index is 421. The molecule has 3 rings (SSSR count). The van der Waals surface area contributed by atoms with Gasteiger partial charge in [-0.15, -0.1) is 0 Å². The highest BCUT2D eigenvalue weighted by Gasteiger charge is 2.35. The Labute approximate surface area is 109 Å². The van der Waals surface area contributed by atoms with E-state index in [-0.39, 0.29) is 6.04 Å². The van der Waals surface area contributed by atoms with Gasteiger partial charge in [0.15, 0.2) is 0 Å². The average Bonchev–Trinajstić information content (AvgIpc) is 2.88. The van der Waals surface area contributed by atoms with E-state index >= 15 is 0 Å². The predicted molar refractivity (Wildman–Crippen MR) is 72.6 cm³/mol. The van der Waals surface area contributed by atoms with Crippen molar-refractivity contribution < 1.29 is 4.74 Å². The van der Waals surface area contributed by atoms with Crippen LogP contribution in [-0.2, 0) is 0 Å². The number of para-hydroxylation sites is 1. The maximum absolute atomic E-state index is 6.44. The van der Waals surface area contributed by atoms with E-state index in [1.54, 1.807) is 0 Å². The second kappa shape index (κ2) is 4.90. The van der Waals surface area contributed by atoms with E-state index in [4.69, 9.17) is 10.5 Å². The van der Waals surface area contributed by atoms with Crippen LogP contribution in [0.2, 0.25) is 0 Å². The molecule has 1 fully saturated rings. The Morgan fingerprint density at radius 2 is 2.22 bits per heavy atom. The predicted octanol–water partition coefficient (Wildman–Crippen LogP) is 2.18. The number of benzene rings is 1. The van der Waals surface area contributed by atoms with Crippen LogP contribution >= 0.6 is 0 Å². The molecule has 2 heterocycles. The molecule has 1 saturated heterocycles. The average molecular weight is 246 g/mol. The first-order chi connectivity index (χ1) is 8.79. The van der Waals surface area contributed by atoms with Crippen molar-refractivity contribution in [1.29, 1.82) is 0 Å². The zero-order valence-electron chi connectivity index (χ0n) is 11.0. The highest BCUT2D eigenvalue weighted by atomic mass is 16.5. The summed E-state index contributed by atoms with van der Waals surface area (Å²) in [4.78, 5) is 2.52. The summed E-state index contributed by atoms with van der Waals surface area (Å²) in [5, 5.41) is 0. The molecular weight excluding hydrogens is 224 g/mol. The van der Waals surface area contributed by atoms with Gasteiger partial charge in [-0.25, -0.2) is 0 Å². The third-order valence-corrected chi connectivity index (χ3v) is 4.47. The number of fused-ring (bicyclic) bond motifs is 1. The van der Waals surface area contributed by atoms with Crippen LogP contribution in [0.15, 0.2) is 24.3 Å². The topological polar surface area (TPSA) is 38.5 Å². The van der Waals surface area contributed by atoms with Gasteiger partial charge in [-0.2, -0.15) is 0 Å². The number of rotatable bonds is 2. The fraction of sp³-hybridized carbons (Fsp3) is 0.600. The standard InChI is InChI=1S/C15H22N2O/c1-2-11-7-8-17(9-11)13-10-18-14-6-4-3-5-12(14)15(13)16/h3-6,11,13,15H,2,7-10,16H2,1H3.